The van der Waals surface area contributed by atoms with Crippen molar-refractivity contribution in [3.8, 4) is 17.2 Å². The van der Waals surface area contributed by atoms with E-state index in [0.717, 1.165) is 23.4 Å². The maximum Gasteiger partial charge on any atom is 0.258 e. The lowest BCUT2D eigenvalue weighted by atomic mass is 10.1. The number of phenols is 1. The van der Waals surface area contributed by atoms with Crippen molar-refractivity contribution >= 4 is 11.8 Å². The van der Waals surface area contributed by atoms with Crippen molar-refractivity contribution in [1.29, 1.82) is 0 Å². The number of hydrogen-bond acceptors (Lipinski definition) is 5. The Labute approximate surface area is 116 Å². The van der Waals surface area contributed by atoms with Gasteiger partial charge < -0.3 is 9.63 Å². The summed E-state index contributed by atoms with van der Waals surface area (Å²) in [6.07, 6.45) is 3.64. The topological polar surface area (TPSA) is 59.2 Å². The molecule has 0 saturated carbocycles. The van der Waals surface area contributed by atoms with E-state index in [-0.39, 0.29) is 5.75 Å². The van der Waals surface area contributed by atoms with E-state index in [4.69, 9.17) is 4.52 Å². The first-order valence-corrected chi connectivity index (χ1v) is 7.54. The van der Waals surface area contributed by atoms with Gasteiger partial charge in [-0.15, -0.1) is 0 Å². The maximum absolute atomic E-state index is 9.42. The average Bonchev–Trinajstić information content (AvgIpc) is 2.89. The molecule has 2 heterocycles. The molecule has 1 aliphatic rings. The lowest BCUT2D eigenvalue weighted by molar-refractivity contribution is 0.419. The van der Waals surface area contributed by atoms with Crippen LogP contribution in [0.1, 0.15) is 35.9 Å². The van der Waals surface area contributed by atoms with Gasteiger partial charge in [0, 0.05) is 5.56 Å². The largest absolute Gasteiger partial charge is 0.508 e. The number of aromatic hydroxyl groups is 1. The Kier molecular flexibility index (Phi) is 3.46. The Hall–Kier alpha value is -1.49. The van der Waals surface area contributed by atoms with Gasteiger partial charge in [-0.1, -0.05) is 11.6 Å². The SMILES string of the molecule is Cc1cc(O)ccc1-c1nc(C2CCCCS2)no1. The fourth-order valence-corrected chi connectivity index (χ4v) is 3.54. The second-order valence-electron chi connectivity index (χ2n) is 4.81. The van der Waals surface area contributed by atoms with E-state index in [2.05, 4.69) is 10.1 Å². The van der Waals surface area contributed by atoms with Gasteiger partial charge in [-0.25, -0.2) is 0 Å². The molecule has 0 spiro atoms. The predicted octanol–water partition coefficient (Wildman–Crippen LogP) is 3.71. The van der Waals surface area contributed by atoms with Gasteiger partial charge in [-0.2, -0.15) is 16.7 Å². The zero-order chi connectivity index (χ0) is 13.2. The molecular weight excluding hydrogens is 260 g/mol. The quantitative estimate of drug-likeness (QED) is 0.906. The first-order chi connectivity index (χ1) is 9.24. The molecular formula is C14H16N2O2S. The van der Waals surface area contributed by atoms with E-state index in [1.807, 2.05) is 24.8 Å². The van der Waals surface area contributed by atoms with E-state index in [0.29, 0.717) is 11.1 Å². The highest BCUT2D eigenvalue weighted by Crippen LogP contribution is 2.37. The average molecular weight is 276 g/mol. The van der Waals surface area contributed by atoms with E-state index < -0.39 is 0 Å². The van der Waals surface area contributed by atoms with Gasteiger partial charge in [0.1, 0.15) is 5.75 Å². The Morgan fingerprint density at radius 2 is 2.26 bits per heavy atom. The van der Waals surface area contributed by atoms with Gasteiger partial charge in [0.25, 0.3) is 5.89 Å². The molecule has 1 fully saturated rings. The third-order valence-electron chi connectivity index (χ3n) is 3.35. The molecule has 1 aromatic carbocycles. The van der Waals surface area contributed by atoms with Crippen LogP contribution in [0.2, 0.25) is 0 Å². The molecule has 4 nitrogen and oxygen atoms in total. The summed E-state index contributed by atoms with van der Waals surface area (Å²) < 4.78 is 5.37. The van der Waals surface area contributed by atoms with Crippen molar-refractivity contribution < 1.29 is 9.63 Å². The number of aromatic nitrogens is 2. The highest BCUT2D eigenvalue weighted by Gasteiger charge is 2.22. The van der Waals surface area contributed by atoms with Crippen LogP contribution >= 0.6 is 11.8 Å². The third-order valence-corrected chi connectivity index (χ3v) is 4.72. The second-order valence-corrected chi connectivity index (χ2v) is 6.12. The number of hydrogen-bond donors (Lipinski definition) is 1. The minimum atomic E-state index is 0.254. The number of aryl methyl sites for hydroxylation is 1. The van der Waals surface area contributed by atoms with Crippen LogP contribution in [0.4, 0.5) is 0 Å². The van der Waals surface area contributed by atoms with Gasteiger partial charge in [-0.05, 0) is 49.3 Å². The van der Waals surface area contributed by atoms with Crippen molar-refractivity contribution in [2.24, 2.45) is 0 Å². The summed E-state index contributed by atoms with van der Waals surface area (Å²) in [5, 5.41) is 13.9. The molecule has 2 aromatic rings. The van der Waals surface area contributed by atoms with E-state index in [1.54, 1.807) is 12.1 Å². The molecule has 100 valence electrons. The molecule has 0 aliphatic carbocycles. The maximum atomic E-state index is 9.42. The Bertz CT molecular complexity index is 577. The summed E-state index contributed by atoms with van der Waals surface area (Å²) in [6, 6.07) is 5.16. The van der Waals surface area contributed by atoms with Crippen molar-refractivity contribution in [2.75, 3.05) is 5.75 Å². The molecule has 5 heteroatoms. The summed E-state index contributed by atoms with van der Waals surface area (Å²) in [4.78, 5) is 4.51. The molecule has 0 radical (unpaired) electrons. The number of nitrogens with zero attached hydrogens (tertiary/aromatic N) is 2. The molecule has 3 rings (SSSR count). The first-order valence-electron chi connectivity index (χ1n) is 6.49. The highest BCUT2D eigenvalue weighted by molar-refractivity contribution is 7.99. The van der Waals surface area contributed by atoms with Crippen LogP contribution in [0.5, 0.6) is 5.75 Å². The molecule has 0 amide bonds. The summed E-state index contributed by atoms with van der Waals surface area (Å²) in [5.74, 6) is 2.77. The molecule has 1 aliphatic heterocycles. The minimum absolute atomic E-state index is 0.254. The second kappa shape index (κ2) is 5.25. The summed E-state index contributed by atoms with van der Waals surface area (Å²) >= 11 is 1.91. The van der Waals surface area contributed by atoms with Crippen LogP contribution in [0.3, 0.4) is 0 Å². The van der Waals surface area contributed by atoms with E-state index in [1.165, 1.54) is 18.6 Å². The number of phenolic OH excluding ortho intramolecular Hbond substituents is 1. The number of benzene rings is 1. The lowest BCUT2D eigenvalue weighted by Crippen LogP contribution is -2.03. The lowest BCUT2D eigenvalue weighted by Gasteiger charge is -2.17. The van der Waals surface area contributed by atoms with Crippen LogP contribution in [0.25, 0.3) is 11.5 Å². The fraction of sp³-hybridized carbons (Fsp3) is 0.429. The smallest absolute Gasteiger partial charge is 0.258 e. The van der Waals surface area contributed by atoms with Crippen molar-refractivity contribution in [3.05, 3.63) is 29.6 Å². The van der Waals surface area contributed by atoms with Gasteiger partial charge in [0.2, 0.25) is 0 Å². The Morgan fingerprint density at radius 1 is 1.37 bits per heavy atom. The number of thioether (sulfide) groups is 1. The monoisotopic (exact) mass is 276 g/mol. The molecule has 0 bridgehead atoms. The zero-order valence-corrected chi connectivity index (χ0v) is 11.6. The molecule has 1 saturated heterocycles. The van der Waals surface area contributed by atoms with Crippen LogP contribution in [-0.4, -0.2) is 21.0 Å². The van der Waals surface area contributed by atoms with E-state index >= 15 is 0 Å². The summed E-state index contributed by atoms with van der Waals surface area (Å²) in [5.41, 5.74) is 1.82. The molecule has 1 aromatic heterocycles. The van der Waals surface area contributed by atoms with Gasteiger partial charge in [0.05, 0.1) is 5.25 Å². The Morgan fingerprint density at radius 3 is 3.00 bits per heavy atom. The van der Waals surface area contributed by atoms with Crippen LogP contribution in [-0.2, 0) is 0 Å². The van der Waals surface area contributed by atoms with Gasteiger partial charge in [-0.3, -0.25) is 0 Å². The molecule has 1 N–H and O–H groups in total. The first kappa shape index (κ1) is 12.5. The van der Waals surface area contributed by atoms with Crippen LogP contribution < -0.4 is 0 Å². The van der Waals surface area contributed by atoms with Crippen molar-refractivity contribution in [3.63, 3.8) is 0 Å². The minimum Gasteiger partial charge on any atom is -0.508 e. The molecule has 1 unspecified atom stereocenters. The molecule has 1 atom stereocenters. The zero-order valence-electron chi connectivity index (χ0n) is 10.8. The van der Waals surface area contributed by atoms with Gasteiger partial charge >= 0.3 is 0 Å². The third kappa shape index (κ3) is 2.61. The Balaban J connectivity index is 1.87. The highest BCUT2D eigenvalue weighted by atomic mass is 32.2. The fourth-order valence-electron chi connectivity index (χ4n) is 2.31. The van der Waals surface area contributed by atoms with Gasteiger partial charge in [0.15, 0.2) is 5.82 Å². The van der Waals surface area contributed by atoms with Crippen molar-refractivity contribution in [1.82, 2.24) is 10.1 Å². The van der Waals surface area contributed by atoms with Crippen LogP contribution in [0.15, 0.2) is 22.7 Å². The molecule has 19 heavy (non-hydrogen) atoms. The predicted molar refractivity (Wildman–Crippen MR) is 75.2 cm³/mol. The van der Waals surface area contributed by atoms with Crippen LogP contribution in [0, 0.1) is 6.92 Å². The standard InChI is InChI=1S/C14H16N2O2S/c1-9-8-10(17)5-6-11(9)14-15-13(16-18-14)12-4-2-3-7-19-12/h5-6,8,12,17H,2-4,7H2,1H3. The summed E-state index contributed by atoms with van der Waals surface area (Å²) in [6.45, 7) is 1.92. The number of rotatable bonds is 2. The normalized spacial score (nSPS) is 19.5. The van der Waals surface area contributed by atoms with Crippen molar-refractivity contribution in [2.45, 2.75) is 31.4 Å². The summed E-state index contributed by atoms with van der Waals surface area (Å²) in [7, 11) is 0. The van der Waals surface area contributed by atoms with E-state index in [9.17, 15) is 5.11 Å².